The van der Waals surface area contributed by atoms with E-state index in [9.17, 15) is 0 Å². The van der Waals surface area contributed by atoms with Gasteiger partial charge in [0, 0.05) is 11.1 Å². The molecule has 0 saturated heterocycles. The van der Waals surface area contributed by atoms with Gasteiger partial charge in [0.05, 0.1) is 11.2 Å². The van der Waals surface area contributed by atoms with E-state index in [0.717, 1.165) is 28.7 Å². The zero-order valence-corrected chi connectivity index (χ0v) is 11.4. The number of nitrogens with zero attached hydrogens (tertiary/aromatic N) is 1. The van der Waals surface area contributed by atoms with Gasteiger partial charge in [-0.3, -0.25) is 10.8 Å². The van der Waals surface area contributed by atoms with Crippen LogP contribution >= 0.6 is 0 Å². The van der Waals surface area contributed by atoms with Crippen LogP contribution in [-0.4, -0.2) is 4.98 Å². The number of nitrogens with two attached hydrogens (primary N) is 1. The highest BCUT2D eigenvalue weighted by Crippen LogP contribution is 2.28. The summed E-state index contributed by atoms with van der Waals surface area (Å²) >= 11 is 0. The number of benzene rings is 2. The molecule has 0 spiro atoms. The Morgan fingerprint density at radius 2 is 1.80 bits per heavy atom. The number of hydrazine groups is 1. The Balaban J connectivity index is 2.20. The van der Waals surface area contributed by atoms with Crippen molar-refractivity contribution in [1.29, 1.82) is 0 Å². The van der Waals surface area contributed by atoms with E-state index in [1.54, 1.807) is 0 Å². The highest BCUT2D eigenvalue weighted by molar-refractivity contribution is 5.94. The molecule has 0 unspecified atom stereocenters. The van der Waals surface area contributed by atoms with Crippen LogP contribution in [0.15, 0.2) is 54.6 Å². The molecule has 3 rings (SSSR count). The Kier molecular flexibility index (Phi) is 3.35. The molecule has 3 heteroatoms. The molecule has 0 aliphatic heterocycles. The quantitative estimate of drug-likeness (QED) is 0.559. The molecule has 0 radical (unpaired) electrons. The van der Waals surface area contributed by atoms with Gasteiger partial charge < -0.3 is 5.43 Å². The number of nitrogens with one attached hydrogen (secondary N) is 1. The third-order valence-corrected chi connectivity index (χ3v) is 3.49. The van der Waals surface area contributed by atoms with Crippen molar-refractivity contribution in [3.63, 3.8) is 0 Å². The molecule has 3 nitrogen and oxygen atoms in total. The highest BCUT2D eigenvalue weighted by Gasteiger charge is 2.06. The van der Waals surface area contributed by atoms with Gasteiger partial charge in [-0.05, 0) is 35.7 Å². The molecule has 0 fully saturated rings. The van der Waals surface area contributed by atoms with Crippen LogP contribution in [0.2, 0.25) is 0 Å². The molecule has 100 valence electrons. The number of hydrogen-bond donors (Lipinski definition) is 2. The normalized spacial score (nSPS) is 10.7. The molecular formula is C17H17N3. The van der Waals surface area contributed by atoms with Crippen molar-refractivity contribution in [2.75, 3.05) is 5.43 Å². The van der Waals surface area contributed by atoms with Crippen molar-refractivity contribution >= 4 is 16.6 Å². The Morgan fingerprint density at radius 1 is 1.00 bits per heavy atom. The minimum Gasteiger partial charge on any atom is -0.323 e. The number of rotatable bonds is 3. The fourth-order valence-electron chi connectivity index (χ4n) is 2.39. The van der Waals surface area contributed by atoms with Gasteiger partial charge in [0.15, 0.2) is 0 Å². The zero-order chi connectivity index (χ0) is 13.9. The monoisotopic (exact) mass is 263 g/mol. The minimum atomic E-state index is 0.894. The van der Waals surface area contributed by atoms with Gasteiger partial charge in [0.25, 0.3) is 0 Å². The lowest BCUT2D eigenvalue weighted by Gasteiger charge is -2.10. The Bertz CT molecular complexity index is 736. The molecule has 1 aromatic heterocycles. The predicted molar refractivity (Wildman–Crippen MR) is 84.4 cm³/mol. The molecule has 0 saturated carbocycles. The second kappa shape index (κ2) is 5.31. The van der Waals surface area contributed by atoms with E-state index in [2.05, 4.69) is 47.7 Å². The molecule has 1 heterocycles. The van der Waals surface area contributed by atoms with Crippen LogP contribution in [0.25, 0.3) is 22.0 Å². The lowest BCUT2D eigenvalue weighted by molar-refractivity contribution is 1.06. The first-order chi connectivity index (χ1) is 9.81. The number of hydrogen-bond acceptors (Lipinski definition) is 3. The maximum absolute atomic E-state index is 5.65. The van der Waals surface area contributed by atoms with Crippen molar-refractivity contribution < 1.29 is 0 Å². The first-order valence-corrected chi connectivity index (χ1v) is 6.77. The Hall–Kier alpha value is -2.39. The van der Waals surface area contributed by atoms with Crippen molar-refractivity contribution in [3.8, 4) is 11.1 Å². The first-order valence-electron chi connectivity index (χ1n) is 6.77. The molecule has 0 aliphatic rings. The number of pyridine rings is 1. The summed E-state index contributed by atoms with van der Waals surface area (Å²) in [7, 11) is 0. The summed E-state index contributed by atoms with van der Waals surface area (Å²) in [4.78, 5) is 4.64. The summed E-state index contributed by atoms with van der Waals surface area (Å²) in [5, 5.41) is 1.05. The molecule has 3 aromatic rings. The number of nitrogen functional groups attached to an aromatic ring is 1. The van der Waals surface area contributed by atoms with E-state index in [-0.39, 0.29) is 0 Å². The van der Waals surface area contributed by atoms with E-state index in [4.69, 9.17) is 5.84 Å². The highest BCUT2D eigenvalue weighted by atomic mass is 15.2. The van der Waals surface area contributed by atoms with E-state index in [1.165, 1.54) is 11.1 Å². The standard InChI is InChI=1S/C17H17N3/c1-2-14-11-17(20-18)15-10-13(8-9-16(15)19-14)12-6-4-3-5-7-12/h3-11H,2,18H2,1H3,(H,19,20). The SMILES string of the molecule is CCc1cc(NN)c2cc(-c3ccccc3)ccc2n1. The number of aromatic nitrogens is 1. The van der Waals surface area contributed by atoms with Gasteiger partial charge in [-0.2, -0.15) is 0 Å². The van der Waals surface area contributed by atoms with E-state index in [0.29, 0.717) is 0 Å². The largest absolute Gasteiger partial charge is 0.323 e. The predicted octanol–water partition coefficient (Wildman–Crippen LogP) is 3.75. The zero-order valence-electron chi connectivity index (χ0n) is 11.4. The second-order valence-corrected chi connectivity index (χ2v) is 4.76. The number of anilines is 1. The molecule has 0 atom stereocenters. The van der Waals surface area contributed by atoms with E-state index in [1.807, 2.05) is 24.3 Å². The van der Waals surface area contributed by atoms with Crippen molar-refractivity contribution in [2.24, 2.45) is 5.84 Å². The first kappa shape index (κ1) is 12.6. The van der Waals surface area contributed by atoms with Gasteiger partial charge in [-0.15, -0.1) is 0 Å². The molecule has 2 aromatic carbocycles. The van der Waals surface area contributed by atoms with Gasteiger partial charge in [-0.25, -0.2) is 0 Å². The Morgan fingerprint density at radius 3 is 2.50 bits per heavy atom. The third-order valence-electron chi connectivity index (χ3n) is 3.49. The number of aryl methyl sites for hydroxylation is 1. The van der Waals surface area contributed by atoms with Crippen molar-refractivity contribution in [3.05, 3.63) is 60.3 Å². The molecule has 3 N–H and O–H groups in total. The maximum Gasteiger partial charge on any atom is 0.0727 e. The average molecular weight is 263 g/mol. The minimum absolute atomic E-state index is 0.894. The van der Waals surface area contributed by atoms with Crippen LogP contribution in [0.1, 0.15) is 12.6 Å². The van der Waals surface area contributed by atoms with Gasteiger partial charge >= 0.3 is 0 Å². The van der Waals surface area contributed by atoms with Crippen molar-refractivity contribution in [1.82, 2.24) is 4.98 Å². The van der Waals surface area contributed by atoms with Crippen LogP contribution < -0.4 is 11.3 Å². The van der Waals surface area contributed by atoms with Crippen LogP contribution in [0, 0.1) is 0 Å². The summed E-state index contributed by atoms with van der Waals surface area (Å²) in [5.74, 6) is 5.65. The van der Waals surface area contributed by atoms with Crippen LogP contribution in [0.4, 0.5) is 5.69 Å². The third kappa shape index (κ3) is 2.24. The Labute approximate surface area is 118 Å². The second-order valence-electron chi connectivity index (χ2n) is 4.76. The molecular weight excluding hydrogens is 246 g/mol. The van der Waals surface area contributed by atoms with Gasteiger partial charge in [0.2, 0.25) is 0 Å². The molecule has 0 amide bonds. The van der Waals surface area contributed by atoms with Crippen molar-refractivity contribution in [2.45, 2.75) is 13.3 Å². The lowest BCUT2D eigenvalue weighted by Crippen LogP contribution is -2.08. The summed E-state index contributed by atoms with van der Waals surface area (Å²) < 4.78 is 0. The van der Waals surface area contributed by atoms with Gasteiger partial charge in [-0.1, -0.05) is 43.3 Å². The summed E-state index contributed by atoms with van der Waals surface area (Å²) in [5.41, 5.74) is 8.07. The van der Waals surface area contributed by atoms with E-state index >= 15 is 0 Å². The molecule has 0 bridgehead atoms. The topological polar surface area (TPSA) is 50.9 Å². The summed E-state index contributed by atoms with van der Waals surface area (Å²) in [6.07, 6.45) is 0.894. The van der Waals surface area contributed by atoms with E-state index < -0.39 is 0 Å². The van der Waals surface area contributed by atoms with Crippen LogP contribution in [-0.2, 0) is 6.42 Å². The smallest absolute Gasteiger partial charge is 0.0727 e. The lowest BCUT2D eigenvalue weighted by atomic mass is 10.0. The van der Waals surface area contributed by atoms with Crippen LogP contribution in [0.5, 0.6) is 0 Å². The molecule has 0 aliphatic carbocycles. The summed E-state index contributed by atoms with van der Waals surface area (Å²) in [6.45, 7) is 2.09. The summed E-state index contributed by atoms with van der Waals surface area (Å²) in [6, 6.07) is 18.6. The average Bonchev–Trinajstić information content (AvgIpc) is 2.54. The fraction of sp³-hybridized carbons (Fsp3) is 0.118. The fourth-order valence-corrected chi connectivity index (χ4v) is 2.39. The van der Waals surface area contributed by atoms with Crippen LogP contribution in [0.3, 0.4) is 0 Å². The molecule has 20 heavy (non-hydrogen) atoms. The maximum atomic E-state index is 5.65. The number of fused-ring (bicyclic) bond motifs is 1. The van der Waals surface area contributed by atoms with Gasteiger partial charge in [0.1, 0.15) is 0 Å².